The first-order chi connectivity index (χ1) is 15.1. The summed E-state index contributed by atoms with van der Waals surface area (Å²) in [4.78, 5) is 12.1. The van der Waals surface area contributed by atoms with E-state index >= 15 is 0 Å². The second kappa shape index (κ2) is 10.3. The summed E-state index contributed by atoms with van der Waals surface area (Å²) >= 11 is 10.2. The lowest BCUT2D eigenvalue weighted by Gasteiger charge is -2.10. The maximum absolute atomic E-state index is 12.1. The van der Waals surface area contributed by atoms with Gasteiger partial charge in [0.25, 0.3) is 5.91 Å². The van der Waals surface area contributed by atoms with Crippen molar-refractivity contribution in [2.75, 3.05) is 18.1 Å². The average molecular weight is 472 g/mol. The van der Waals surface area contributed by atoms with Crippen LogP contribution in [-0.4, -0.2) is 34.8 Å². The van der Waals surface area contributed by atoms with Gasteiger partial charge in [0.15, 0.2) is 6.61 Å². The zero-order chi connectivity index (χ0) is 21.6. The molecule has 1 N–H and O–H groups in total. The topological polar surface area (TPSA) is 55.6 Å². The number of ether oxygens (including phenoxy) is 1. The third-order valence-electron chi connectivity index (χ3n) is 4.74. The van der Waals surface area contributed by atoms with Crippen LogP contribution in [0.3, 0.4) is 0 Å². The van der Waals surface area contributed by atoms with Gasteiger partial charge in [-0.15, -0.1) is 23.5 Å². The first kappa shape index (κ1) is 21.9. The van der Waals surface area contributed by atoms with E-state index in [-0.39, 0.29) is 12.5 Å². The highest BCUT2D eigenvalue weighted by atomic mass is 35.5. The number of aryl methyl sites for hydroxylation is 1. The van der Waals surface area contributed by atoms with Gasteiger partial charge in [0, 0.05) is 28.4 Å². The lowest BCUT2D eigenvalue weighted by molar-refractivity contribution is -0.123. The second-order valence-electron chi connectivity index (χ2n) is 6.96. The lowest BCUT2D eigenvalue weighted by atomic mass is 10.2. The van der Waals surface area contributed by atoms with Crippen LogP contribution in [-0.2, 0) is 4.79 Å². The quantitative estimate of drug-likeness (QED) is 0.368. The molecule has 0 saturated carbocycles. The van der Waals surface area contributed by atoms with Crippen molar-refractivity contribution in [2.24, 2.45) is 5.10 Å². The molecule has 0 atom stereocenters. The van der Waals surface area contributed by atoms with E-state index in [1.807, 2.05) is 83.7 Å². The van der Waals surface area contributed by atoms with E-state index in [0.717, 1.165) is 16.9 Å². The monoisotopic (exact) mass is 471 g/mol. The molecule has 8 heteroatoms. The smallest absolute Gasteiger partial charge is 0.277 e. The number of carbonyl (C=O) groups excluding carboxylic acids is 1. The maximum Gasteiger partial charge on any atom is 0.277 e. The number of thioether (sulfide) groups is 2. The van der Waals surface area contributed by atoms with Crippen molar-refractivity contribution in [1.82, 2.24) is 9.99 Å². The zero-order valence-corrected chi connectivity index (χ0v) is 19.3. The predicted octanol–water partition coefficient (Wildman–Crippen LogP) is 5.45. The minimum atomic E-state index is -0.321. The standard InChI is InChI=1S/C23H22ClN3O2S2/c1-16-4-7-18(13-21(16)24)27-10-2-3-19(27)14-25-26-22(28)15-29-20-8-5-17(6-9-20)23-30-11-12-31-23/h2-10,13-14,23H,11-12,15H2,1H3,(H,26,28)/b25-14-. The van der Waals surface area contributed by atoms with Crippen LogP contribution in [0.4, 0.5) is 0 Å². The summed E-state index contributed by atoms with van der Waals surface area (Å²) in [6.07, 6.45) is 3.51. The van der Waals surface area contributed by atoms with Crippen molar-refractivity contribution in [3.63, 3.8) is 0 Å². The summed E-state index contributed by atoms with van der Waals surface area (Å²) in [7, 11) is 0. The van der Waals surface area contributed by atoms with Crippen molar-refractivity contribution in [2.45, 2.75) is 11.5 Å². The summed E-state index contributed by atoms with van der Waals surface area (Å²) < 4.78 is 8.02. The van der Waals surface area contributed by atoms with Gasteiger partial charge in [-0.2, -0.15) is 5.10 Å². The van der Waals surface area contributed by atoms with Crippen LogP contribution in [0.5, 0.6) is 5.75 Å². The number of hydrogen-bond acceptors (Lipinski definition) is 5. The second-order valence-corrected chi connectivity index (χ2v) is 10.1. The maximum atomic E-state index is 12.1. The molecule has 160 valence electrons. The Hall–Kier alpha value is -2.35. The van der Waals surface area contributed by atoms with Gasteiger partial charge in [0.1, 0.15) is 5.75 Å². The molecular formula is C23H22ClN3O2S2. The first-order valence-electron chi connectivity index (χ1n) is 9.82. The normalized spacial score (nSPS) is 14.3. The molecule has 5 nitrogen and oxygen atoms in total. The molecule has 1 aliphatic heterocycles. The molecule has 1 amide bonds. The Morgan fingerprint density at radius 2 is 2.00 bits per heavy atom. The fourth-order valence-electron chi connectivity index (χ4n) is 3.09. The van der Waals surface area contributed by atoms with Gasteiger partial charge in [-0.1, -0.05) is 29.8 Å². The average Bonchev–Trinajstić information content (AvgIpc) is 3.47. The van der Waals surface area contributed by atoms with Crippen molar-refractivity contribution in [3.8, 4) is 11.4 Å². The van der Waals surface area contributed by atoms with Crippen LogP contribution in [0.2, 0.25) is 5.02 Å². The van der Waals surface area contributed by atoms with Gasteiger partial charge >= 0.3 is 0 Å². The molecule has 1 saturated heterocycles. The summed E-state index contributed by atoms with van der Waals surface area (Å²) in [5.41, 5.74) is 6.55. The Labute approximate surface area is 195 Å². The van der Waals surface area contributed by atoms with Crippen LogP contribution < -0.4 is 10.2 Å². The number of hydrazone groups is 1. The Morgan fingerprint density at radius 1 is 1.23 bits per heavy atom. The molecule has 1 aromatic heterocycles. The number of benzene rings is 2. The van der Waals surface area contributed by atoms with Crippen molar-refractivity contribution < 1.29 is 9.53 Å². The van der Waals surface area contributed by atoms with E-state index in [4.69, 9.17) is 16.3 Å². The Balaban J connectivity index is 1.29. The fraction of sp³-hybridized carbons (Fsp3) is 0.217. The van der Waals surface area contributed by atoms with Gasteiger partial charge < -0.3 is 9.30 Å². The van der Waals surface area contributed by atoms with Gasteiger partial charge in [-0.25, -0.2) is 5.43 Å². The minimum Gasteiger partial charge on any atom is -0.484 e. The van der Waals surface area contributed by atoms with Crippen LogP contribution in [0.25, 0.3) is 5.69 Å². The van der Waals surface area contributed by atoms with Crippen molar-refractivity contribution in [1.29, 1.82) is 0 Å². The molecule has 31 heavy (non-hydrogen) atoms. The number of nitrogens with one attached hydrogen (secondary N) is 1. The van der Waals surface area contributed by atoms with Crippen molar-refractivity contribution >= 4 is 47.2 Å². The summed E-state index contributed by atoms with van der Waals surface area (Å²) in [5, 5.41) is 4.76. The molecule has 4 rings (SSSR count). The van der Waals surface area contributed by atoms with E-state index in [1.54, 1.807) is 6.21 Å². The molecule has 1 aliphatic rings. The van der Waals surface area contributed by atoms with E-state index < -0.39 is 0 Å². The van der Waals surface area contributed by atoms with Crippen LogP contribution >= 0.6 is 35.1 Å². The van der Waals surface area contributed by atoms with E-state index in [9.17, 15) is 4.79 Å². The predicted molar refractivity (Wildman–Crippen MR) is 131 cm³/mol. The van der Waals surface area contributed by atoms with E-state index in [0.29, 0.717) is 15.4 Å². The van der Waals surface area contributed by atoms with Gasteiger partial charge in [-0.05, 0) is 54.4 Å². The molecule has 0 bridgehead atoms. The molecule has 0 radical (unpaired) electrons. The van der Waals surface area contributed by atoms with Crippen LogP contribution in [0.15, 0.2) is 65.9 Å². The largest absolute Gasteiger partial charge is 0.484 e. The number of amides is 1. The fourth-order valence-corrected chi connectivity index (χ4v) is 6.12. The van der Waals surface area contributed by atoms with Gasteiger partial charge in [0.2, 0.25) is 0 Å². The Kier molecular flexibility index (Phi) is 7.27. The number of nitrogens with zero attached hydrogens (tertiary/aromatic N) is 2. The highest BCUT2D eigenvalue weighted by molar-refractivity contribution is 8.19. The first-order valence-corrected chi connectivity index (χ1v) is 12.3. The van der Waals surface area contributed by atoms with Gasteiger partial charge in [-0.3, -0.25) is 4.79 Å². The molecule has 3 aromatic rings. The molecule has 0 unspecified atom stereocenters. The van der Waals surface area contributed by atoms with Crippen LogP contribution in [0.1, 0.15) is 21.4 Å². The molecule has 0 aliphatic carbocycles. The van der Waals surface area contributed by atoms with E-state index in [1.165, 1.54) is 17.1 Å². The van der Waals surface area contributed by atoms with E-state index in [2.05, 4.69) is 22.7 Å². The summed E-state index contributed by atoms with van der Waals surface area (Å²) in [6, 6.07) is 17.6. The molecular weight excluding hydrogens is 450 g/mol. The molecule has 0 spiro atoms. The minimum absolute atomic E-state index is 0.0990. The lowest BCUT2D eigenvalue weighted by Crippen LogP contribution is -2.24. The van der Waals surface area contributed by atoms with Crippen molar-refractivity contribution in [3.05, 3.63) is 82.6 Å². The zero-order valence-electron chi connectivity index (χ0n) is 17.0. The summed E-state index contributed by atoms with van der Waals surface area (Å²) in [5.74, 6) is 2.73. The molecule has 2 aromatic carbocycles. The summed E-state index contributed by atoms with van der Waals surface area (Å²) in [6.45, 7) is 1.86. The number of rotatable bonds is 7. The third kappa shape index (κ3) is 5.67. The highest BCUT2D eigenvalue weighted by Gasteiger charge is 2.18. The SMILES string of the molecule is Cc1ccc(-n2cccc2/C=N\NC(=O)COc2ccc(C3SCCS3)cc2)cc1Cl. The van der Waals surface area contributed by atoms with Crippen LogP contribution in [0, 0.1) is 6.92 Å². The Morgan fingerprint density at radius 3 is 2.74 bits per heavy atom. The number of aromatic nitrogens is 1. The highest BCUT2D eigenvalue weighted by Crippen LogP contribution is 2.45. The number of hydrogen-bond donors (Lipinski definition) is 1. The molecule has 2 heterocycles. The Bertz CT molecular complexity index is 1080. The van der Waals surface area contributed by atoms with Gasteiger partial charge in [0.05, 0.1) is 16.5 Å². The molecule has 1 fully saturated rings. The third-order valence-corrected chi connectivity index (χ3v) is 8.26. The number of halogens is 1. The number of carbonyl (C=O) groups is 1.